The fourth-order valence-electron chi connectivity index (χ4n) is 1.90. The summed E-state index contributed by atoms with van der Waals surface area (Å²) in [4.78, 5) is 11.9. The highest BCUT2D eigenvalue weighted by atomic mass is 32.2. The fraction of sp³-hybridized carbons (Fsp3) is 0.188. The van der Waals surface area contributed by atoms with Crippen LogP contribution in [-0.2, 0) is 26.9 Å². The highest BCUT2D eigenvalue weighted by Gasteiger charge is 2.09. The van der Waals surface area contributed by atoms with E-state index in [1.807, 2.05) is 0 Å². The van der Waals surface area contributed by atoms with Crippen LogP contribution in [0, 0.1) is 5.82 Å². The fourth-order valence-corrected chi connectivity index (χ4v) is 2.70. The first-order chi connectivity index (χ1) is 10.3. The Balaban J connectivity index is 1.98. The lowest BCUT2D eigenvalue weighted by molar-refractivity contribution is 0.0472. The number of ether oxygens (including phenoxy) is 1. The Morgan fingerprint density at radius 3 is 2.36 bits per heavy atom. The molecule has 4 nitrogen and oxygen atoms in total. The van der Waals surface area contributed by atoms with Gasteiger partial charge in [-0.25, -0.2) is 17.6 Å². The molecule has 0 heterocycles. The summed E-state index contributed by atoms with van der Waals surface area (Å²) >= 11 is 0. The molecule has 0 aromatic heterocycles. The zero-order valence-corrected chi connectivity index (χ0v) is 12.8. The van der Waals surface area contributed by atoms with Crippen molar-refractivity contribution in [1.82, 2.24) is 0 Å². The van der Waals surface area contributed by atoms with Crippen LogP contribution in [0.4, 0.5) is 4.39 Å². The molecular weight excluding hydrogens is 307 g/mol. The van der Waals surface area contributed by atoms with Crippen molar-refractivity contribution in [3.63, 3.8) is 0 Å². The van der Waals surface area contributed by atoms with Crippen molar-refractivity contribution in [1.29, 1.82) is 0 Å². The Hall–Kier alpha value is -2.21. The van der Waals surface area contributed by atoms with Crippen LogP contribution in [-0.4, -0.2) is 20.6 Å². The normalized spacial score (nSPS) is 11.2. The van der Waals surface area contributed by atoms with E-state index in [0.717, 1.165) is 6.26 Å². The maximum Gasteiger partial charge on any atom is 0.338 e. The Labute approximate surface area is 128 Å². The summed E-state index contributed by atoms with van der Waals surface area (Å²) in [6.07, 6.45) is 1.15. The van der Waals surface area contributed by atoms with Crippen molar-refractivity contribution in [3.05, 3.63) is 71.0 Å². The first-order valence-electron chi connectivity index (χ1n) is 6.52. The smallest absolute Gasteiger partial charge is 0.338 e. The van der Waals surface area contributed by atoms with Crippen molar-refractivity contribution in [3.8, 4) is 0 Å². The van der Waals surface area contributed by atoms with Gasteiger partial charge >= 0.3 is 5.97 Å². The van der Waals surface area contributed by atoms with E-state index in [0.29, 0.717) is 16.7 Å². The van der Waals surface area contributed by atoms with E-state index in [9.17, 15) is 17.6 Å². The van der Waals surface area contributed by atoms with Gasteiger partial charge in [0.2, 0.25) is 0 Å². The molecule has 0 saturated carbocycles. The van der Waals surface area contributed by atoms with Crippen LogP contribution in [0.15, 0.2) is 48.5 Å². The van der Waals surface area contributed by atoms with Gasteiger partial charge in [-0.05, 0) is 35.4 Å². The number of carbonyl (C=O) groups is 1. The minimum Gasteiger partial charge on any atom is -0.457 e. The van der Waals surface area contributed by atoms with Gasteiger partial charge in [0.1, 0.15) is 12.4 Å². The second-order valence-electron chi connectivity index (χ2n) is 4.97. The molecule has 2 rings (SSSR count). The third-order valence-corrected chi connectivity index (χ3v) is 3.74. The molecule has 0 aliphatic carbocycles. The summed E-state index contributed by atoms with van der Waals surface area (Å²) in [5.74, 6) is -1.01. The summed E-state index contributed by atoms with van der Waals surface area (Å²) in [7, 11) is -3.11. The van der Waals surface area contributed by atoms with Gasteiger partial charge in [0.05, 0.1) is 11.3 Å². The van der Waals surface area contributed by atoms with E-state index in [2.05, 4.69) is 0 Å². The number of hydrogen-bond acceptors (Lipinski definition) is 4. The maximum absolute atomic E-state index is 13.0. The highest BCUT2D eigenvalue weighted by molar-refractivity contribution is 7.89. The van der Waals surface area contributed by atoms with E-state index in [1.54, 1.807) is 24.3 Å². The van der Waals surface area contributed by atoms with Crippen molar-refractivity contribution in [2.24, 2.45) is 0 Å². The molecule has 0 spiro atoms. The monoisotopic (exact) mass is 322 g/mol. The summed E-state index contributed by atoms with van der Waals surface area (Å²) < 4.78 is 40.5. The Bertz CT molecular complexity index is 767. The maximum atomic E-state index is 13.0. The van der Waals surface area contributed by atoms with Crippen LogP contribution in [0.3, 0.4) is 0 Å². The van der Waals surface area contributed by atoms with E-state index in [1.165, 1.54) is 24.3 Å². The van der Waals surface area contributed by atoms with E-state index >= 15 is 0 Å². The molecule has 22 heavy (non-hydrogen) atoms. The highest BCUT2D eigenvalue weighted by Crippen LogP contribution is 2.11. The first-order valence-corrected chi connectivity index (χ1v) is 8.58. The number of halogens is 1. The van der Waals surface area contributed by atoms with Gasteiger partial charge in [-0.1, -0.05) is 24.3 Å². The number of rotatable bonds is 5. The standard InChI is InChI=1S/C16H15FO4S/c1-22(19,20)11-12-5-7-14(8-6-12)16(18)21-10-13-3-2-4-15(17)9-13/h2-9H,10-11H2,1H3. The topological polar surface area (TPSA) is 60.4 Å². The SMILES string of the molecule is CS(=O)(=O)Cc1ccc(C(=O)OCc2cccc(F)c2)cc1. The number of esters is 1. The van der Waals surface area contributed by atoms with Crippen LogP contribution < -0.4 is 0 Å². The summed E-state index contributed by atoms with van der Waals surface area (Å²) in [5.41, 5.74) is 1.47. The van der Waals surface area contributed by atoms with Crippen LogP contribution in [0.1, 0.15) is 21.5 Å². The number of benzene rings is 2. The summed E-state index contributed by atoms with van der Waals surface area (Å²) in [6.45, 7) is -0.0261. The minimum absolute atomic E-state index is 0.0261. The lowest BCUT2D eigenvalue weighted by Crippen LogP contribution is -2.06. The lowest BCUT2D eigenvalue weighted by Gasteiger charge is -2.06. The Morgan fingerprint density at radius 1 is 1.09 bits per heavy atom. The quantitative estimate of drug-likeness (QED) is 0.794. The number of carbonyl (C=O) groups excluding carboxylic acids is 1. The predicted octanol–water partition coefficient (Wildman–Crippen LogP) is 2.73. The zero-order chi connectivity index (χ0) is 16.2. The van der Waals surface area contributed by atoms with Gasteiger partial charge in [-0.3, -0.25) is 0 Å². The van der Waals surface area contributed by atoms with Gasteiger partial charge < -0.3 is 4.74 Å². The number of sulfone groups is 1. The lowest BCUT2D eigenvalue weighted by atomic mass is 10.1. The van der Waals surface area contributed by atoms with Gasteiger partial charge in [0.15, 0.2) is 9.84 Å². The Morgan fingerprint density at radius 2 is 1.77 bits per heavy atom. The third kappa shape index (κ3) is 4.96. The predicted molar refractivity (Wildman–Crippen MR) is 80.5 cm³/mol. The van der Waals surface area contributed by atoms with Gasteiger partial charge in [0.25, 0.3) is 0 Å². The second kappa shape index (κ2) is 6.70. The molecular formula is C16H15FO4S. The Kier molecular flexibility index (Phi) is 4.92. The molecule has 0 fully saturated rings. The molecule has 6 heteroatoms. The van der Waals surface area contributed by atoms with Gasteiger partial charge in [-0.2, -0.15) is 0 Å². The summed E-state index contributed by atoms with van der Waals surface area (Å²) in [6, 6.07) is 12.0. The zero-order valence-electron chi connectivity index (χ0n) is 12.0. The number of hydrogen-bond donors (Lipinski definition) is 0. The molecule has 0 amide bonds. The molecule has 2 aromatic rings. The van der Waals surface area contributed by atoms with Gasteiger partial charge in [-0.15, -0.1) is 0 Å². The molecule has 0 N–H and O–H groups in total. The van der Waals surface area contributed by atoms with Crippen LogP contribution in [0.25, 0.3) is 0 Å². The van der Waals surface area contributed by atoms with Crippen molar-refractivity contribution >= 4 is 15.8 Å². The molecule has 0 aliphatic heterocycles. The van der Waals surface area contributed by atoms with Crippen LogP contribution >= 0.6 is 0 Å². The first kappa shape index (κ1) is 16.2. The van der Waals surface area contributed by atoms with Crippen molar-refractivity contribution < 1.29 is 22.3 Å². The molecule has 0 radical (unpaired) electrons. The molecule has 0 unspecified atom stereocenters. The van der Waals surface area contributed by atoms with Crippen LogP contribution in [0.5, 0.6) is 0 Å². The van der Waals surface area contributed by atoms with Gasteiger partial charge in [0, 0.05) is 6.26 Å². The average Bonchev–Trinajstić information content (AvgIpc) is 2.44. The van der Waals surface area contributed by atoms with E-state index in [-0.39, 0.29) is 12.4 Å². The third-order valence-electron chi connectivity index (χ3n) is 2.88. The molecule has 0 bridgehead atoms. The molecule has 116 valence electrons. The van der Waals surface area contributed by atoms with E-state index < -0.39 is 21.6 Å². The largest absolute Gasteiger partial charge is 0.457 e. The molecule has 0 atom stereocenters. The second-order valence-corrected chi connectivity index (χ2v) is 7.11. The molecule has 2 aromatic carbocycles. The van der Waals surface area contributed by atoms with E-state index in [4.69, 9.17) is 4.74 Å². The average molecular weight is 322 g/mol. The van der Waals surface area contributed by atoms with Crippen molar-refractivity contribution in [2.75, 3.05) is 6.26 Å². The van der Waals surface area contributed by atoms with Crippen molar-refractivity contribution in [2.45, 2.75) is 12.4 Å². The molecule has 0 saturated heterocycles. The summed E-state index contributed by atoms with van der Waals surface area (Å²) in [5, 5.41) is 0. The molecule has 0 aliphatic rings. The van der Waals surface area contributed by atoms with Crippen LogP contribution in [0.2, 0.25) is 0 Å². The minimum atomic E-state index is -3.11.